The van der Waals surface area contributed by atoms with Crippen LogP contribution in [0.2, 0.25) is 0 Å². The molecule has 0 radical (unpaired) electrons. The van der Waals surface area contributed by atoms with Crippen molar-refractivity contribution in [2.75, 3.05) is 5.75 Å². The first kappa shape index (κ1) is 15.6. The Morgan fingerprint density at radius 1 is 1.37 bits per heavy atom. The number of carbonyl (C=O) groups is 2. The maximum atomic E-state index is 11.5. The number of aryl methyl sites for hydroxylation is 1. The monoisotopic (exact) mass is 281 g/mol. The van der Waals surface area contributed by atoms with E-state index in [2.05, 4.69) is 24.4 Å². The van der Waals surface area contributed by atoms with E-state index in [9.17, 15) is 9.59 Å². The fraction of sp³-hybridized carbons (Fsp3) is 0.429. The van der Waals surface area contributed by atoms with Crippen LogP contribution in [0.3, 0.4) is 0 Å². The molecule has 1 rings (SSSR count). The van der Waals surface area contributed by atoms with Crippen LogP contribution in [0.4, 0.5) is 0 Å². The predicted octanol–water partition coefficient (Wildman–Crippen LogP) is 2.46. The van der Waals surface area contributed by atoms with Crippen molar-refractivity contribution < 1.29 is 14.7 Å². The highest BCUT2D eigenvalue weighted by Crippen LogP contribution is 2.22. The van der Waals surface area contributed by atoms with Gasteiger partial charge in [0.15, 0.2) is 0 Å². The third-order valence-electron chi connectivity index (χ3n) is 2.65. The molecular formula is C14H19NO3S. The first-order valence-electron chi connectivity index (χ1n) is 6.21. The molecule has 19 heavy (non-hydrogen) atoms. The number of hydrogen-bond acceptors (Lipinski definition) is 3. The zero-order valence-corrected chi connectivity index (χ0v) is 12.0. The minimum atomic E-state index is -1.01. The quantitative estimate of drug-likeness (QED) is 0.595. The molecule has 104 valence electrons. The summed E-state index contributed by atoms with van der Waals surface area (Å²) in [5, 5.41) is 11.1. The van der Waals surface area contributed by atoms with Crippen molar-refractivity contribution in [1.29, 1.82) is 0 Å². The first-order valence-corrected chi connectivity index (χ1v) is 7.20. The van der Waals surface area contributed by atoms with E-state index in [0.717, 1.165) is 12.2 Å². The molecule has 0 saturated heterocycles. The van der Waals surface area contributed by atoms with Crippen molar-refractivity contribution in [2.24, 2.45) is 0 Å². The lowest BCUT2D eigenvalue weighted by molar-refractivity contribution is -0.141. The van der Waals surface area contributed by atoms with Crippen LogP contribution in [0.1, 0.15) is 25.3 Å². The Bertz CT molecular complexity index is 448. The molecule has 0 aliphatic rings. The van der Waals surface area contributed by atoms with Gasteiger partial charge in [-0.1, -0.05) is 18.2 Å². The fourth-order valence-electron chi connectivity index (χ4n) is 1.51. The fourth-order valence-corrected chi connectivity index (χ4v) is 2.49. The van der Waals surface area contributed by atoms with Crippen molar-refractivity contribution in [2.45, 2.75) is 37.6 Å². The summed E-state index contributed by atoms with van der Waals surface area (Å²) in [6.07, 6.45) is 1.09. The van der Waals surface area contributed by atoms with E-state index in [1.54, 1.807) is 11.8 Å². The maximum absolute atomic E-state index is 11.5. The third kappa shape index (κ3) is 5.79. The number of aliphatic carboxylic acids is 1. The van der Waals surface area contributed by atoms with E-state index in [0.29, 0.717) is 6.42 Å². The van der Waals surface area contributed by atoms with Crippen molar-refractivity contribution in [3.63, 3.8) is 0 Å². The lowest BCUT2D eigenvalue weighted by Crippen LogP contribution is -2.38. The van der Waals surface area contributed by atoms with E-state index >= 15 is 0 Å². The second-order valence-electron chi connectivity index (χ2n) is 4.34. The topological polar surface area (TPSA) is 66.4 Å². The Kier molecular flexibility index (Phi) is 6.42. The van der Waals surface area contributed by atoms with Gasteiger partial charge in [0.05, 0.1) is 0 Å². The Labute approximate surface area is 117 Å². The van der Waals surface area contributed by atoms with Gasteiger partial charge >= 0.3 is 5.97 Å². The van der Waals surface area contributed by atoms with E-state index in [4.69, 9.17) is 5.11 Å². The Morgan fingerprint density at radius 2 is 2.05 bits per heavy atom. The zero-order chi connectivity index (χ0) is 14.3. The summed E-state index contributed by atoms with van der Waals surface area (Å²) in [7, 11) is 0. The van der Waals surface area contributed by atoms with Gasteiger partial charge < -0.3 is 10.4 Å². The van der Waals surface area contributed by atoms with Gasteiger partial charge in [-0.3, -0.25) is 9.59 Å². The van der Waals surface area contributed by atoms with E-state index in [1.807, 2.05) is 12.1 Å². The van der Waals surface area contributed by atoms with E-state index in [-0.39, 0.29) is 5.91 Å². The highest BCUT2D eigenvalue weighted by atomic mass is 32.2. The van der Waals surface area contributed by atoms with Crippen molar-refractivity contribution >= 4 is 23.6 Å². The Hall–Kier alpha value is -1.49. The first-order chi connectivity index (χ1) is 9.00. The summed E-state index contributed by atoms with van der Waals surface area (Å²) in [6, 6.07) is 7.30. The molecule has 1 aromatic carbocycles. The van der Waals surface area contributed by atoms with Gasteiger partial charge in [-0.05, 0) is 37.7 Å². The molecular weight excluding hydrogens is 262 g/mol. The zero-order valence-electron chi connectivity index (χ0n) is 11.2. The molecule has 1 atom stereocenters. The van der Waals surface area contributed by atoms with Crippen molar-refractivity contribution in [1.82, 2.24) is 5.32 Å². The number of hydrogen-bond donors (Lipinski definition) is 2. The highest BCUT2D eigenvalue weighted by molar-refractivity contribution is 7.99. The molecule has 0 aromatic heterocycles. The van der Waals surface area contributed by atoms with Crippen LogP contribution in [0.5, 0.6) is 0 Å². The number of thioether (sulfide) groups is 1. The summed E-state index contributed by atoms with van der Waals surface area (Å²) < 4.78 is 0. The van der Waals surface area contributed by atoms with Gasteiger partial charge in [-0.15, -0.1) is 11.8 Å². The van der Waals surface area contributed by atoms with Crippen LogP contribution in [0, 0.1) is 6.92 Å². The molecule has 0 aliphatic carbocycles. The normalized spacial score (nSPS) is 11.9. The van der Waals surface area contributed by atoms with Crippen LogP contribution in [0.25, 0.3) is 0 Å². The summed E-state index contributed by atoms with van der Waals surface area (Å²) in [6.45, 7) is 3.52. The van der Waals surface area contributed by atoms with Gasteiger partial charge in [0.1, 0.15) is 6.04 Å². The number of amides is 1. The standard InChI is InChI=1S/C14H19NO3S/c1-10-6-3-4-7-12(10)19-9-5-8-13(16)15-11(2)14(17)18/h3-4,6-7,11H,5,8-9H2,1-2H3,(H,15,16)(H,17,18). The van der Waals surface area contributed by atoms with E-state index in [1.165, 1.54) is 17.4 Å². The van der Waals surface area contributed by atoms with Gasteiger partial charge in [0.2, 0.25) is 5.91 Å². The number of carboxylic acid groups (broad SMARTS) is 1. The summed E-state index contributed by atoms with van der Waals surface area (Å²) in [5.74, 6) is -0.373. The number of carbonyl (C=O) groups excluding carboxylic acids is 1. The summed E-state index contributed by atoms with van der Waals surface area (Å²) in [5.41, 5.74) is 1.23. The molecule has 2 N–H and O–H groups in total. The minimum Gasteiger partial charge on any atom is -0.480 e. The van der Waals surface area contributed by atoms with Crippen LogP contribution in [-0.2, 0) is 9.59 Å². The maximum Gasteiger partial charge on any atom is 0.325 e. The lowest BCUT2D eigenvalue weighted by Gasteiger charge is -2.09. The Morgan fingerprint density at radius 3 is 2.68 bits per heavy atom. The molecule has 1 amide bonds. The molecule has 0 heterocycles. The number of benzene rings is 1. The predicted molar refractivity (Wildman–Crippen MR) is 76.4 cm³/mol. The molecule has 0 bridgehead atoms. The van der Waals surface area contributed by atoms with E-state index < -0.39 is 12.0 Å². The molecule has 4 nitrogen and oxygen atoms in total. The largest absolute Gasteiger partial charge is 0.480 e. The minimum absolute atomic E-state index is 0.208. The van der Waals surface area contributed by atoms with Crippen LogP contribution < -0.4 is 5.32 Å². The molecule has 0 aliphatic heterocycles. The molecule has 0 spiro atoms. The summed E-state index contributed by atoms with van der Waals surface area (Å²) in [4.78, 5) is 23.2. The van der Waals surface area contributed by atoms with Crippen molar-refractivity contribution in [3.8, 4) is 0 Å². The molecule has 5 heteroatoms. The van der Waals surface area contributed by atoms with Gasteiger partial charge in [-0.2, -0.15) is 0 Å². The average Bonchev–Trinajstić information content (AvgIpc) is 2.36. The second kappa shape index (κ2) is 7.84. The molecule has 0 saturated carbocycles. The van der Waals surface area contributed by atoms with Crippen molar-refractivity contribution in [3.05, 3.63) is 29.8 Å². The van der Waals surface area contributed by atoms with Gasteiger partial charge in [-0.25, -0.2) is 0 Å². The molecule has 1 aromatic rings. The smallest absolute Gasteiger partial charge is 0.325 e. The average molecular weight is 281 g/mol. The molecule has 0 fully saturated rings. The number of nitrogens with one attached hydrogen (secondary N) is 1. The van der Waals surface area contributed by atoms with Crippen LogP contribution in [0.15, 0.2) is 29.2 Å². The van der Waals surface area contributed by atoms with Crippen LogP contribution in [-0.4, -0.2) is 28.8 Å². The lowest BCUT2D eigenvalue weighted by atomic mass is 10.2. The van der Waals surface area contributed by atoms with Gasteiger partial charge in [0.25, 0.3) is 0 Å². The van der Waals surface area contributed by atoms with Crippen LogP contribution >= 0.6 is 11.8 Å². The van der Waals surface area contributed by atoms with Gasteiger partial charge in [0, 0.05) is 11.3 Å². The highest BCUT2D eigenvalue weighted by Gasteiger charge is 2.13. The number of carboxylic acids is 1. The number of rotatable bonds is 7. The summed E-state index contributed by atoms with van der Waals surface area (Å²) >= 11 is 1.72. The Balaban J connectivity index is 2.23. The SMILES string of the molecule is Cc1ccccc1SCCCC(=O)NC(C)C(=O)O. The second-order valence-corrected chi connectivity index (χ2v) is 5.48. The third-order valence-corrected chi connectivity index (χ3v) is 3.91. The molecule has 1 unspecified atom stereocenters.